The van der Waals surface area contributed by atoms with Gasteiger partial charge in [-0.1, -0.05) is 31.5 Å². The molecule has 6 heteroatoms. The lowest BCUT2D eigenvalue weighted by Gasteiger charge is -2.20. The van der Waals surface area contributed by atoms with E-state index in [0.717, 1.165) is 17.5 Å². The normalized spacial score (nSPS) is 11.6. The predicted octanol–water partition coefficient (Wildman–Crippen LogP) is 3.60. The molecule has 0 aliphatic rings. The Morgan fingerprint density at radius 3 is 2.81 bits per heavy atom. The Morgan fingerprint density at radius 1 is 1.48 bits per heavy atom. The van der Waals surface area contributed by atoms with E-state index in [1.165, 1.54) is 12.3 Å². The van der Waals surface area contributed by atoms with Crippen molar-refractivity contribution in [3.63, 3.8) is 0 Å². The third-order valence-electron chi connectivity index (χ3n) is 2.52. The van der Waals surface area contributed by atoms with E-state index in [0.29, 0.717) is 5.70 Å². The molecule has 0 radical (unpaired) electrons. The van der Waals surface area contributed by atoms with Gasteiger partial charge in [-0.25, -0.2) is 14.4 Å². The molecule has 21 heavy (non-hydrogen) atoms. The van der Waals surface area contributed by atoms with Crippen molar-refractivity contribution in [2.75, 3.05) is 12.8 Å². The maximum Gasteiger partial charge on any atom is 0.168 e. The summed E-state index contributed by atoms with van der Waals surface area (Å²) in [6.45, 7) is 11.5. The summed E-state index contributed by atoms with van der Waals surface area (Å²) in [5.74, 6) is 0.305. The minimum absolute atomic E-state index is 0.514. The summed E-state index contributed by atoms with van der Waals surface area (Å²) in [6, 6.07) is 0. The molecule has 0 unspecified atom stereocenters. The number of hydrogen-bond acceptors (Lipinski definition) is 3. The van der Waals surface area contributed by atoms with E-state index in [-0.39, 0.29) is 0 Å². The van der Waals surface area contributed by atoms with Gasteiger partial charge < -0.3 is 9.47 Å². The standard InChI is InChI=1S/C15H19FN4S/c1-5-18-15(19(4)14(3)7-6-13(2)16)21-11-10-20-9-8-17-12-20/h5-9,12H,1-3,10-11H2,4H3. The summed E-state index contributed by atoms with van der Waals surface area (Å²) in [6.07, 6.45) is 9.71. The van der Waals surface area contributed by atoms with Gasteiger partial charge in [-0.2, -0.15) is 0 Å². The van der Waals surface area contributed by atoms with Gasteiger partial charge in [-0.15, -0.1) is 0 Å². The molecule has 0 aliphatic carbocycles. The fourth-order valence-electron chi connectivity index (χ4n) is 1.38. The third-order valence-corrected chi connectivity index (χ3v) is 3.54. The highest BCUT2D eigenvalue weighted by Crippen LogP contribution is 2.14. The Bertz CT molecular complexity index is 546. The summed E-state index contributed by atoms with van der Waals surface area (Å²) in [5, 5.41) is 0.740. The maximum absolute atomic E-state index is 12.6. The fraction of sp³-hybridized carbons (Fsp3) is 0.200. The van der Waals surface area contributed by atoms with E-state index in [9.17, 15) is 4.39 Å². The van der Waals surface area contributed by atoms with E-state index in [4.69, 9.17) is 0 Å². The number of imidazole rings is 1. The van der Waals surface area contributed by atoms with Crippen molar-refractivity contribution in [2.24, 2.45) is 4.99 Å². The molecular weight excluding hydrogens is 287 g/mol. The van der Waals surface area contributed by atoms with Gasteiger partial charge in [-0.05, 0) is 12.2 Å². The molecule has 4 nitrogen and oxygen atoms in total. The molecule has 0 bridgehead atoms. The second-order valence-corrected chi connectivity index (χ2v) is 5.14. The molecule has 0 saturated carbocycles. The predicted molar refractivity (Wildman–Crippen MR) is 88.6 cm³/mol. The van der Waals surface area contributed by atoms with E-state index >= 15 is 0 Å². The summed E-state index contributed by atoms with van der Waals surface area (Å²) in [4.78, 5) is 9.99. The number of amidine groups is 1. The molecule has 112 valence electrons. The van der Waals surface area contributed by atoms with Crippen LogP contribution in [0.3, 0.4) is 0 Å². The Hall–Kier alpha value is -2.08. The second-order valence-electron chi connectivity index (χ2n) is 4.07. The van der Waals surface area contributed by atoms with Gasteiger partial charge in [0.15, 0.2) is 5.17 Å². The van der Waals surface area contributed by atoms with Crippen LogP contribution in [-0.4, -0.2) is 32.4 Å². The Kier molecular flexibility index (Phi) is 7.25. The van der Waals surface area contributed by atoms with E-state index in [2.05, 4.69) is 29.7 Å². The monoisotopic (exact) mass is 306 g/mol. The Morgan fingerprint density at radius 2 is 2.24 bits per heavy atom. The lowest BCUT2D eigenvalue weighted by molar-refractivity contribution is 0.654. The van der Waals surface area contributed by atoms with Gasteiger partial charge in [-0.3, -0.25) is 0 Å². The molecule has 1 aromatic heterocycles. The molecule has 1 rings (SSSR count). The highest BCUT2D eigenvalue weighted by atomic mass is 32.2. The van der Waals surface area contributed by atoms with Crippen molar-refractivity contribution in [1.82, 2.24) is 14.5 Å². The molecule has 1 heterocycles. The van der Waals surface area contributed by atoms with Crippen LogP contribution >= 0.6 is 11.8 Å². The van der Waals surface area contributed by atoms with Crippen LogP contribution in [0.25, 0.3) is 0 Å². The lowest BCUT2D eigenvalue weighted by Crippen LogP contribution is -2.22. The number of aromatic nitrogens is 2. The molecule has 0 saturated heterocycles. The van der Waals surface area contributed by atoms with Crippen LogP contribution in [0.15, 0.2) is 73.3 Å². The van der Waals surface area contributed by atoms with Gasteiger partial charge in [0.05, 0.1) is 6.33 Å². The molecule has 0 fully saturated rings. The van der Waals surface area contributed by atoms with Crippen molar-refractivity contribution in [1.29, 1.82) is 0 Å². The van der Waals surface area contributed by atoms with Gasteiger partial charge in [0.1, 0.15) is 5.83 Å². The molecule has 0 aliphatic heterocycles. The van der Waals surface area contributed by atoms with Gasteiger partial charge in [0, 0.05) is 43.6 Å². The summed E-state index contributed by atoms with van der Waals surface area (Å²) < 4.78 is 14.6. The Balaban J connectivity index is 2.59. The van der Waals surface area contributed by atoms with Crippen LogP contribution in [0.1, 0.15) is 0 Å². The smallest absolute Gasteiger partial charge is 0.168 e. The number of nitrogens with zero attached hydrogens (tertiary/aromatic N) is 4. The molecule has 0 N–H and O–H groups in total. The number of halogens is 1. The minimum Gasteiger partial charge on any atom is -0.337 e. The van der Waals surface area contributed by atoms with E-state index in [1.807, 2.05) is 17.8 Å². The van der Waals surface area contributed by atoms with Crippen molar-refractivity contribution >= 4 is 16.9 Å². The van der Waals surface area contributed by atoms with E-state index in [1.54, 1.807) is 35.3 Å². The van der Waals surface area contributed by atoms with E-state index < -0.39 is 5.83 Å². The summed E-state index contributed by atoms with van der Waals surface area (Å²) >= 11 is 1.56. The average molecular weight is 306 g/mol. The van der Waals surface area contributed by atoms with Crippen LogP contribution in [0.4, 0.5) is 4.39 Å². The molecule has 0 amide bonds. The first-order valence-corrected chi connectivity index (χ1v) is 7.25. The molecule has 1 aromatic rings. The van der Waals surface area contributed by atoms with Crippen molar-refractivity contribution in [2.45, 2.75) is 6.54 Å². The number of hydrogen-bond donors (Lipinski definition) is 0. The highest BCUT2D eigenvalue weighted by molar-refractivity contribution is 8.13. The number of allylic oxidation sites excluding steroid dienone is 3. The summed E-state index contributed by atoms with van der Waals surface area (Å²) in [7, 11) is 1.82. The largest absolute Gasteiger partial charge is 0.337 e. The molecular formula is C15H19FN4S. The third kappa shape index (κ3) is 6.27. The van der Waals surface area contributed by atoms with Gasteiger partial charge >= 0.3 is 0 Å². The SMILES string of the molecule is C=CN=C(SCCn1ccnc1)N(C)C(=C)C=CC(=C)F. The zero-order valence-corrected chi connectivity index (χ0v) is 12.9. The summed E-state index contributed by atoms with van der Waals surface area (Å²) in [5.41, 5.74) is 0.615. The topological polar surface area (TPSA) is 33.4 Å². The average Bonchev–Trinajstić information content (AvgIpc) is 2.96. The first-order chi connectivity index (χ1) is 10.0. The van der Waals surface area contributed by atoms with Crippen LogP contribution < -0.4 is 0 Å². The van der Waals surface area contributed by atoms with Crippen molar-refractivity contribution < 1.29 is 4.39 Å². The molecule has 0 spiro atoms. The number of aliphatic imine (C=N–C) groups is 1. The van der Waals surface area contributed by atoms with Crippen LogP contribution in [0, 0.1) is 0 Å². The lowest BCUT2D eigenvalue weighted by atomic mass is 10.4. The number of likely N-dealkylation sites (N-methyl/N-ethyl adjacent to an activating group) is 1. The van der Waals surface area contributed by atoms with Crippen molar-refractivity contribution in [3.05, 3.63) is 68.3 Å². The minimum atomic E-state index is -0.514. The van der Waals surface area contributed by atoms with Crippen LogP contribution in [-0.2, 0) is 6.54 Å². The zero-order valence-electron chi connectivity index (χ0n) is 12.1. The number of aryl methyl sites for hydroxylation is 1. The quantitative estimate of drug-likeness (QED) is 0.438. The second kappa shape index (κ2) is 8.97. The van der Waals surface area contributed by atoms with Gasteiger partial charge in [0.25, 0.3) is 0 Å². The fourth-order valence-corrected chi connectivity index (χ4v) is 2.33. The number of thioether (sulfide) groups is 1. The van der Waals surface area contributed by atoms with Gasteiger partial charge in [0.2, 0.25) is 0 Å². The Labute approximate surface area is 129 Å². The van der Waals surface area contributed by atoms with Crippen LogP contribution in [0.2, 0.25) is 0 Å². The first-order valence-electron chi connectivity index (χ1n) is 6.27. The highest BCUT2D eigenvalue weighted by Gasteiger charge is 2.08. The number of rotatable bonds is 7. The first kappa shape index (κ1) is 17.0. The zero-order chi connectivity index (χ0) is 15.7. The molecule has 0 aromatic carbocycles. The maximum atomic E-state index is 12.6. The van der Waals surface area contributed by atoms with Crippen molar-refractivity contribution in [3.8, 4) is 0 Å². The molecule has 0 atom stereocenters. The van der Waals surface area contributed by atoms with Crippen LogP contribution in [0.5, 0.6) is 0 Å².